The average Bonchev–Trinajstić information content (AvgIpc) is 2.44. The molecule has 2 rings (SSSR count). The van der Waals surface area contributed by atoms with Crippen molar-refractivity contribution >= 4 is 34.8 Å². The summed E-state index contributed by atoms with van der Waals surface area (Å²) < 4.78 is 0. The third kappa shape index (κ3) is 3.04. The molecular weight excluding hydrogens is 283 g/mol. The highest BCUT2D eigenvalue weighted by Gasteiger charge is 2.37. The first-order valence-electron chi connectivity index (χ1n) is 6.55. The van der Waals surface area contributed by atoms with Crippen LogP contribution in [0.15, 0.2) is 18.2 Å². The largest absolute Gasteiger partial charge is 0.324 e. The normalized spacial score (nSPS) is 18.1. The number of hydrogen-bond donors (Lipinski definition) is 2. The average molecular weight is 301 g/mol. The minimum absolute atomic E-state index is 0.0423. The lowest BCUT2D eigenvalue weighted by Crippen LogP contribution is -2.44. The molecule has 0 saturated carbocycles. The van der Waals surface area contributed by atoms with Gasteiger partial charge in [0.05, 0.1) is 21.1 Å². The van der Waals surface area contributed by atoms with Gasteiger partial charge in [-0.2, -0.15) is 0 Å². The predicted molar refractivity (Wildman–Crippen MR) is 79.9 cm³/mol. The summed E-state index contributed by atoms with van der Waals surface area (Å²) in [5.74, 6) is 0.0423. The Morgan fingerprint density at radius 1 is 1.37 bits per heavy atom. The highest BCUT2D eigenvalue weighted by Crippen LogP contribution is 2.36. The van der Waals surface area contributed by atoms with Gasteiger partial charge >= 0.3 is 0 Å². The van der Waals surface area contributed by atoms with Crippen molar-refractivity contribution in [2.24, 2.45) is 5.41 Å². The maximum atomic E-state index is 12.5. The number of benzene rings is 1. The zero-order chi connectivity index (χ0) is 13.9. The Bertz CT molecular complexity index is 471. The number of carbonyl (C=O) groups is 1. The molecule has 1 aliphatic rings. The zero-order valence-electron chi connectivity index (χ0n) is 10.9. The van der Waals surface area contributed by atoms with Crippen LogP contribution in [0, 0.1) is 5.41 Å². The third-order valence-corrected chi connectivity index (χ3v) is 4.74. The molecule has 19 heavy (non-hydrogen) atoms. The summed E-state index contributed by atoms with van der Waals surface area (Å²) in [4.78, 5) is 12.5. The molecule has 1 aromatic rings. The van der Waals surface area contributed by atoms with E-state index in [-0.39, 0.29) is 11.3 Å². The van der Waals surface area contributed by atoms with Crippen LogP contribution in [0.25, 0.3) is 0 Å². The number of rotatable bonds is 3. The molecule has 0 aliphatic carbocycles. The number of hydrogen-bond acceptors (Lipinski definition) is 2. The lowest BCUT2D eigenvalue weighted by atomic mass is 9.76. The molecular formula is C14H18Cl2N2O. The summed E-state index contributed by atoms with van der Waals surface area (Å²) in [5, 5.41) is 7.07. The van der Waals surface area contributed by atoms with Gasteiger partial charge in [-0.25, -0.2) is 0 Å². The molecule has 104 valence electrons. The first kappa shape index (κ1) is 14.6. The topological polar surface area (TPSA) is 41.1 Å². The van der Waals surface area contributed by atoms with E-state index in [1.165, 1.54) is 0 Å². The van der Waals surface area contributed by atoms with Crippen LogP contribution in [0.5, 0.6) is 0 Å². The Labute approximate surface area is 123 Å². The molecule has 3 nitrogen and oxygen atoms in total. The fourth-order valence-electron chi connectivity index (χ4n) is 2.50. The van der Waals surface area contributed by atoms with Gasteiger partial charge in [0.25, 0.3) is 0 Å². The predicted octanol–water partition coefficient (Wildman–Crippen LogP) is 3.71. The maximum Gasteiger partial charge on any atom is 0.230 e. The second kappa shape index (κ2) is 6.12. The highest BCUT2D eigenvalue weighted by molar-refractivity contribution is 6.44. The highest BCUT2D eigenvalue weighted by atomic mass is 35.5. The van der Waals surface area contributed by atoms with E-state index in [0.717, 1.165) is 32.4 Å². The summed E-state index contributed by atoms with van der Waals surface area (Å²) in [6.07, 6.45) is 2.54. The number of carbonyl (C=O) groups excluding carboxylic acids is 1. The van der Waals surface area contributed by atoms with Gasteiger partial charge in [-0.1, -0.05) is 36.2 Å². The van der Waals surface area contributed by atoms with Crippen molar-refractivity contribution in [3.63, 3.8) is 0 Å². The van der Waals surface area contributed by atoms with E-state index in [2.05, 4.69) is 17.6 Å². The monoisotopic (exact) mass is 300 g/mol. The van der Waals surface area contributed by atoms with E-state index in [0.29, 0.717) is 15.7 Å². The molecule has 0 spiro atoms. The van der Waals surface area contributed by atoms with E-state index in [9.17, 15) is 4.79 Å². The minimum Gasteiger partial charge on any atom is -0.324 e. The van der Waals surface area contributed by atoms with E-state index in [1.54, 1.807) is 18.2 Å². The van der Waals surface area contributed by atoms with E-state index < -0.39 is 0 Å². The lowest BCUT2D eigenvalue weighted by molar-refractivity contribution is -0.127. The number of nitrogens with one attached hydrogen (secondary N) is 2. The molecule has 0 unspecified atom stereocenters. The molecule has 0 radical (unpaired) electrons. The van der Waals surface area contributed by atoms with E-state index in [1.807, 2.05) is 0 Å². The van der Waals surface area contributed by atoms with Gasteiger partial charge in [0.15, 0.2) is 0 Å². The van der Waals surface area contributed by atoms with Crippen molar-refractivity contribution in [2.75, 3.05) is 18.4 Å². The van der Waals surface area contributed by atoms with Crippen molar-refractivity contribution in [1.29, 1.82) is 0 Å². The summed E-state index contributed by atoms with van der Waals surface area (Å²) >= 11 is 12.1. The number of halogens is 2. The second-order valence-corrected chi connectivity index (χ2v) is 5.72. The minimum atomic E-state index is -0.295. The molecule has 2 N–H and O–H groups in total. The molecule has 0 bridgehead atoms. The molecule has 0 aromatic heterocycles. The van der Waals surface area contributed by atoms with Crippen molar-refractivity contribution in [1.82, 2.24) is 5.32 Å². The first-order valence-corrected chi connectivity index (χ1v) is 7.31. The second-order valence-electron chi connectivity index (χ2n) is 4.94. The molecule has 5 heteroatoms. The Kier molecular flexibility index (Phi) is 4.71. The molecule has 1 heterocycles. The van der Waals surface area contributed by atoms with Crippen molar-refractivity contribution in [3.05, 3.63) is 28.2 Å². The van der Waals surface area contributed by atoms with Crippen LogP contribution >= 0.6 is 23.2 Å². The lowest BCUT2D eigenvalue weighted by Gasteiger charge is -2.35. The molecule has 1 amide bonds. The van der Waals surface area contributed by atoms with Crippen LogP contribution in [-0.2, 0) is 4.79 Å². The molecule has 1 fully saturated rings. The molecule has 1 saturated heterocycles. The van der Waals surface area contributed by atoms with Crippen LogP contribution < -0.4 is 10.6 Å². The van der Waals surface area contributed by atoms with Gasteiger partial charge in [0, 0.05) is 0 Å². The van der Waals surface area contributed by atoms with E-state index >= 15 is 0 Å². The van der Waals surface area contributed by atoms with E-state index in [4.69, 9.17) is 23.2 Å². The van der Waals surface area contributed by atoms with Crippen LogP contribution in [-0.4, -0.2) is 19.0 Å². The summed E-state index contributed by atoms with van der Waals surface area (Å²) in [6, 6.07) is 5.26. The Balaban J connectivity index is 2.17. The fraction of sp³-hybridized carbons (Fsp3) is 0.500. The van der Waals surface area contributed by atoms with Gasteiger partial charge in [0.2, 0.25) is 5.91 Å². The third-order valence-electron chi connectivity index (χ3n) is 3.92. The van der Waals surface area contributed by atoms with Gasteiger partial charge < -0.3 is 10.6 Å². The number of amides is 1. The summed E-state index contributed by atoms with van der Waals surface area (Å²) in [5.41, 5.74) is 0.294. The molecule has 1 aliphatic heterocycles. The van der Waals surface area contributed by atoms with Crippen LogP contribution in [0.1, 0.15) is 26.2 Å². The smallest absolute Gasteiger partial charge is 0.230 e. The standard InChI is InChI=1S/C14H18Cl2N2O/c1-2-14(6-8-17-9-7-14)13(19)18-11-5-3-4-10(15)12(11)16/h3-5,17H,2,6-9H2,1H3,(H,18,19). The Morgan fingerprint density at radius 3 is 2.68 bits per heavy atom. The van der Waals surface area contributed by atoms with Gasteiger partial charge in [-0.05, 0) is 44.5 Å². The van der Waals surface area contributed by atoms with Crippen molar-refractivity contribution < 1.29 is 4.79 Å². The van der Waals surface area contributed by atoms with Gasteiger partial charge in [0.1, 0.15) is 0 Å². The van der Waals surface area contributed by atoms with Crippen LogP contribution in [0.2, 0.25) is 10.0 Å². The van der Waals surface area contributed by atoms with Gasteiger partial charge in [-0.15, -0.1) is 0 Å². The quantitative estimate of drug-likeness (QED) is 0.893. The van der Waals surface area contributed by atoms with Crippen molar-refractivity contribution in [2.45, 2.75) is 26.2 Å². The Morgan fingerprint density at radius 2 is 2.05 bits per heavy atom. The van der Waals surface area contributed by atoms with Gasteiger partial charge in [-0.3, -0.25) is 4.79 Å². The van der Waals surface area contributed by atoms with Crippen LogP contribution in [0.3, 0.4) is 0 Å². The van der Waals surface area contributed by atoms with Crippen molar-refractivity contribution in [3.8, 4) is 0 Å². The zero-order valence-corrected chi connectivity index (χ0v) is 12.4. The Hall–Kier alpha value is -0.770. The first-order chi connectivity index (χ1) is 9.09. The summed E-state index contributed by atoms with van der Waals surface area (Å²) in [6.45, 7) is 3.82. The maximum absolute atomic E-state index is 12.5. The molecule has 0 atom stereocenters. The fourth-order valence-corrected chi connectivity index (χ4v) is 2.85. The summed E-state index contributed by atoms with van der Waals surface area (Å²) in [7, 11) is 0. The number of anilines is 1. The molecule has 1 aromatic carbocycles. The van der Waals surface area contributed by atoms with Crippen LogP contribution in [0.4, 0.5) is 5.69 Å². The SMILES string of the molecule is CCC1(C(=O)Nc2cccc(Cl)c2Cl)CCNCC1. The number of piperidine rings is 1.